The molecule has 1 aliphatic rings. The van der Waals surface area contributed by atoms with Gasteiger partial charge in [-0.05, 0) is 37.7 Å². The third kappa shape index (κ3) is 3.31. The van der Waals surface area contributed by atoms with E-state index in [-0.39, 0.29) is 6.61 Å². The van der Waals surface area contributed by atoms with E-state index in [0.717, 1.165) is 0 Å². The molecule has 1 atom stereocenters. The molecule has 2 rings (SSSR count). The summed E-state index contributed by atoms with van der Waals surface area (Å²) in [5.74, 6) is -0.418. The van der Waals surface area contributed by atoms with Crippen molar-refractivity contribution < 1.29 is 9.53 Å². The Kier molecular flexibility index (Phi) is 5.08. The van der Waals surface area contributed by atoms with E-state index >= 15 is 0 Å². The van der Waals surface area contributed by atoms with Crippen molar-refractivity contribution in [3.8, 4) is 0 Å². The molecule has 0 aromatic heterocycles. The molecule has 1 aromatic rings. The second-order valence-electron chi connectivity index (χ2n) is 4.43. The Morgan fingerprint density at radius 2 is 2.14 bits per heavy atom. The number of halogens is 2. The first-order chi connectivity index (χ1) is 9.95. The van der Waals surface area contributed by atoms with E-state index in [4.69, 9.17) is 40.2 Å². The predicted octanol–water partition coefficient (Wildman–Crippen LogP) is 3.35. The largest absolute Gasteiger partial charge is 0.463 e. The summed E-state index contributed by atoms with van der Waals surface area (Å²) in [6.45, 7) is 3.81. The molecule has 112 valence electrons. The van der Waals surface area contributed by atoms with Crippen LogP contribution < -0.4 is 10.6 Å². The van der Waals surface area contributed by atoms with E-state index in [9.17, 15) is 4.79 Å². The van der Waals surface area contributed by atoms with Crippen molar-refractivity contribution >= 4 is 46.5 Å². The number of esters is 1. The Labute approximate surface area is 138 Å². The van der Waals surface area contributed by atoms with E-state index in [1.165, 1.54) is 0 Å². The van der Waals surface area contributed by atoms with Crippen molar-refractivity contribution in [1.29, 1.82) is 0 Å². The van der Waals surface area contributed by atoms with Crippen LogP contribution in [0.5, 0.6) is 0 Å². The molecule has 0 bridgehead atoms. The second kappa shape index (κ2) is 6.64. The van der Waals surface area contributed by atoms with Gasteiger partial charge < -0.3 is 15.4 Å². The normalized spacial score (nSPS) is 18.1. The number of carbonyl (C=O) groups is 1. The van der Waals surface area contributed by atoms with Gasteiger partial charge in [-0.25, -0.2) is 4.79 Å². The van der Waals surface area contributed by atoms with Crippen molar-refractivity contribution in [2.75, 3.05) is 6.61 Å². The molecule has 0 saturated carbocycles. The minimum atomic E-state index is -0.496. The molecule has 1 aliphatic heterocycles. The zero-order valence-electron chi connectivity index (χ0n) is 11.5. The summed E-state index contributed by atoms with van der Waals surface area (Å²) in [4.78, 5) is 12.2. The Morgan fingerprint density at radius 3 is 2.81 bits per heavy atom. The molecule has 0 spiro atoms. The van der Waals surface area contributed by atoms with Gasteiger partial charge in [0.2, 0.25) is 0 Å². The maximum absolute atomic E-state index is 12.2. The Bertz CT molecular complexity index is 631. The lowest BCUT2D eigenvalue weighted by Crippen LogP contribution is -2.45. The van der Waals surface area contributed by atoms with Gasteiger partial charge >= 0.3 is 5.97 Å². The summed E-state index contributed by atoms with van der Waals surface area (Å²) in [5, 5.41) is 7.19. The number of ether oxygens (including phenoxy) is 1. The molecule has 21 heavy (non-hydrogen) atoms. The van der Waals surface area contributed by atoms with Gasteiger partial charge in [-0.15, -0.1) is 0 Å². The highest BCUT2D eigenvalue weighted by Gasteiger charge is 2.32. The van der Waals surface area contributed by atoms with Crippen LogP contribution >= 0.6 is 35.4 Å². The highest BCUT2D eigenvalue weighted by molar-refractivity contribution is 7.80. The summed E-state index contributed by atoms with van der Waals surface area (Å²) in [7, 11) is 0. The van der Waals surface area contributed by atoms with E-state index in [1.807, 2.05) is 0 Å². The van der Waals surface area contributed by atoms with Crippen LogP contribution in [0.15, 0.2) is 29.5 Å². The van der Waals surface area contributed by atoms with E-state index in [0.29, 0.717) is 32.0 Å². The van der Waals surface area contributed by atoms with Crippen LogP contribution in [0, 0.1) is 0 Å². The lowest BCUT2D eigenvalue weighted by molar-refractivity contribution is -0.139. The standard InChI is InChI=1S/C14H14Cl2N2O2S/c1-3-20-13(19)10-7(2)17-14(21)18-12(10)8-5-4-6-9(15)11(8)16/h4-6,12H,3H2,1-2H3,(H2,17,18,21)/t12-/m1/s1. The number of hydrogen-bond acceptors (Lipinski definition) is 3. The van der Waals surface area contributed by atoms with Crippen LogP contribution in [-0.4, -0.2) is 17.7 Å². The third-order valence-electron chi connectivity index (χ3n) is 3.06. The van der Waals surface area contributed by atoms with Gasteiger partial charge in [0.15, 0.2) is 5.11 Å². The first-order valence-corrected chi connectivity index (χ1v) is 7.51. The van der Waals surface area contributed by atoms with Gasteiger partial charge in [0.1, 0.15) is 0 Å². The average molecular weight is 345 g/mol. The summed E-state index contributed by atoms with van der Waals surface area (Å²) < 4.78 is 5.11. The molecule has 0 amide bonds. The van der Waals surface area contributed by atoms with Crippen molar-refractivity contribution in [1.82, 2.24) is 10.6 Å². The molecule has 0 aliphatic carbocycles. The topological polar surface area (TPSA) is 50.4 Å². The van der Waals surface area contributed by atoms with Crippen LogP contribution in [0.2, 0.25) is 10.0 Å². The molecule has 7 heteroatoms. The Balaban J connectivity index is 2.52. The van der Waals surface area contributed by atoms with E-state index in [1.54, 1.807) is 32.0 Å². The van der Waals surface area contributed by atoms with E-state index < -0.39 is 12.0 Å². The summed E-state index contributed by atoms with van der Waals surface area (Å²) >= 11 is 17.5. The molecule has 0 radical (unpaired) electrons. The fourth-order valence-corrected chi connectivity index (χ4v) is 2.84. The minimum Gasteiger partial charge on any atom is -0.463 e. The van der Waals surface area contributed by atoms with Crippen LogP contribution in [0.25, 0.3) is 0 Å². The molecule has 0 saturated heterocycles. The highest BCUT2D eigenvalue weighted by atomic mass is 35.5. The van der Waals surface area contributed by atoms with Gasteiger partial charge in [0.25, 0.3) is 0 Å². The molecule has 4 nitrogen and oxygen atoms in total. The highest BCUT2D eigenvalue weighted by Crippen LogP contribution is 2.35. The number of thiocarbonyl (C=S) groups is 1. The fraction of sp³-hybridized carbons (Fsp3) is 0.286. The monoisotopic (exact) mass is 344 g/mol. The number of nitrogens with one attached hydrogen (secondary N) is 2. The number of hydrogen-bond donors (Lipinski definition) is 2. The van der Waals surface area contributed by atoms with Gasteiger partial charge in [-0.2, -0.15) is 0 Å². The summed E-state index contributed by atoms with van der Waals surface area (Å²) in [5.41, 5.74) is 1.75. The lowest BCUT2D eigenvalue weighted by atomic mass is 9.95. The molecule has 0 fully saturated rings. The zero-order chi connectivity index (χ0) is 15.6. The van der Waals surface area contributed by atoms with Crippen molar-refractivity contribution in [2.24, 2.45) is 0 Å². The Hall–Kier alpha value is -1.30. The smallest absolute Gasteiger partial charge is 0.338 e. The second-order valence-corrected chi connectivity index (χ2v) is 5.63. The predicted molar refractivity (Wildman–Crippen MR) is 87.4 cm³/mol. The Morgan fingerprint density at radius 1 is 1.43 bits per heavy atom. The first-order valence-electron chi connectivity index (χ1n) is 6.35. The van der Waals surface area contributed by atoms with Gasteiger partial charge in [0, 0.05) is 5.70 Å². The maximum Gasteiger partial charge on any atom is 0.338 e. The summed E-state index contributed by atoms with van der Waals surface area (Å²) in [6.07, 6.45) is 0. The van der Waals surface area contributed by atoms with Crippen molar-refractivity contribution in [2.45, 2.75) is 19.9 Å². The van der Waals surface area contributed by atoms with Gasteiger partial charge in [0.05, 0.1) is 28.3 Å². The molecule has 1 aromatic carbocycles. The average Bonchev–Trinajstić information content (AvgIpc) is 2.41. The number of rotatable bonds is 3. The van der Waals surface area contributed by atoms with Crippen LogP contribution in [0.1, 0.15) is 25.5 Å². The number of allylic oxidation sites excluding steroid dienone is 1. The lowest BCUT2D eigenvalue weighted by Gasteiger charge is -2.30. The molecule has 1 heterocycles. The van der Waals surface area contributed by atoms with E-state index in [2.05, 4.69) is 10.6 Å². The minimum absolute atomic E-state index is 0.288. The number of carbonyl (C=O) groups excluding carboxylic acids is 1. The fourth-order valence-electron chi connectivity index (χ4n) is 2.15. The third-order valence-corrected chi connectivity index (χ3v) is 4.11. The number of benzene rings is 1. The van der Waals surface area contributed by atoms with Gasteiger partial charge in [-0.1, -0.05) is 35.3 Å². The first kappa shape index (κ1) is 16.1. The summed E-state index contributed by atoms with van der Waals surface area (Å²) in [6, 6.07) is 4.76. The molecular weight excluding hydrogens is 331 g/mol. The van der Waals surface area contributed by atoms with Crippen LogP contribution in [0.3, 0.4) is 0 Å². The molecule has 0 unspecified atom stereocenters. The molecule has 2 N–H and O–H groups in total. The molecular formula is C14H14Cl2N2O2S. The van der Waals surface area contributed by atoms with Crippen molar-refractivity contribution in [3.05, 3.63) is 45.1 Å². The quantitative estimate of drug-likeness (QED) is 0.650. The zero-order valence-corrected chi connectivity index (χ0v) is 13.8. The van der Waals surface area contributed by atoms with Crippen LogP contribution in [-0.2, 0) is 9.53 Å². The van der Waals surface area contributed by atoms with Crippen molar-refractivity contribution in [3.63, 3.8) is 0 Å². The SMILES string of the molecule is CCOC(=O)C1=C(C)NC(=S)N[C@@H]1c1cccc(Cl)c1Cl. The van der Waals surface area contributed by atoms with Crippen LogP contribution in [0.4, 0.5) is 0 Å². The maximum atomic E-state index is 12.2. The van der Waals surface area contributed by atoms with Gasteiger partial charge in [-0.3, -0.25) is 0 Å².